The first kappa shape index (κ1) is 13.7. The molecule has 3 rings (SSSR count). The highest BCUT2D eigenvalue weighted by atomic mass is 79.9. The molecule has 1 atom stereocenters. The zero-order valence-electron chi connectivity index (χ0n) is 10.9. The predicted octanol–water partition coefficient (Wildman–Crippen LogP) is 1.44. The molecular weight excluding hydrogens is 324 g/mol. The van der Waals surface area contributed by atoms with E-state index in [1.165, 1.54) is 0 Å². The van der Waals surface area contributed by atoms with Crippen molar-refractivity contribution in [3.8, 4) is 0 Å². The second-order valence-electron chi connectivity index (χ2n) is 4.60. The maximum atomic E-state index is 5.57. The Kier molecular flexibility index (Phi) is 4.39. The van der Waals surface area contributed by atoms with Crippen molar-refractivity contribution in [1.29, 1.82) is 0 Å². The molecule has 1 aromatic heterocycles. The number of halogens is 1. The SMILES string of the molecule is Brc1ccccc1Cc1nnn(CC2COCCO2)n1. The van der Waals surface area contributed by atoms with Crippen molar-refractivity contribution in [3.05, 3.63) is 40.1 Å². The predicted molar refractivity (Wildman–Crippen MR) is 75.3 cm³/mol. The summed E-state index contributed by atoms with van der Waals surface area (Å²) >= 11 is 3.52. The van der Waals surface area contributed by atoms with Crippen LogP contribution in [0, 0.1) is 0 Å². The second-order valence-corrected chi connectivity index (χ2v) is 5.45. The van der Waals surface area contributed by atoms with Crippen LogP contribution >= 0.6 is 15.9 Å². The Balaban J connectivity index is 1.63. The minimum absolute atomic E-state index is 0.00858. The van der Waals surface area contributed by atoms with Crippen LogP contribution < -0.4 is 0 Å². The van der Waals surface area contributed by atoms with E-state index in [2.05, 4.69) is 31.3 Å². The van der Waals surface area contributed by atoms with Crippen LogP contribution in [0.4, 0.5) is 0 Å². The maximum Gasteiger partial charge on any atom is 0.179 e. The third kappa shape index (κ3) is 3.41. The number of hydrogen-bond donors (Lipinski definition) is 0. The molecule has 0 aliphatic carbocycles. The summed E-state index contributed by atoms with van der Waals surface area (Å²) in [6.45, 7) is 2.45. The topological polar surface area (TPSA) is 62.1 Å². The van der Waals surface area contributed by atoms with Gasteiger partial charge in [0.05, 0.1) is 26.4 Å². The maximum absolute atomic E-state index is 5.57. The van der Waals surface area contributed by atoms with Crippen LogP contribution in [0.15, 0.2) is 28.7 Å². The highest BCUT2D eigenvalue weighted by Gasteiger charge is 2.16. The fourth-order valence-electron chi connectivity index (χ4n) is 2.06. The Morgan fingerprint density at radius 2 is 2.20 bits per heavy atom. The molecule has 0 spiro atoms. The third-order valence-corrected chi connectivity index (χ3v) is 3.83. The number of hydrogen-bond acceptors (Lipinski definition) is 5. The molecule has 1 unspecified atom stereocenters. The third-order valence-electron chi connectivity index (χ3n) is 3.05. The highest BCUT2D eigenvalue weighted by molar-refractivity contribution is 9.10. The Morgan fingerprint density at radius 3 is 3.00 bits per heavy atom. The molecule has 0 bridgehead atoms. The summed E-state index contributed by atoms with van der Waals surface area (Å²) in [5.74, 6) is 0.702. The van der Waals surface area contributed by atoms with E-state index < -0.39 is 0 Å². The summed E-state index contributed by atoms with van der Waals surface area (Å²) in [4.78, 5) is 1.57. The quantitative estimate of drug-likeness (QED) is 0.844. The average Bonchev–Trinajstić information content (AvgIpc) is 2.90. The zero-order chi connectivity index (χ0) is 13.8. The fourth-order valence-corrected chi connectivity index (χ4v) is 2.49. The van der Waals surface area contributed by atoms with Gasteiger partial charge in [-0.25, -0.2) is 0 Å². The lowest BCUT2D eigenvalue weighted by atomic mass is 10.1. The first-order chi connectivity index (χ1) is 9.81. The first-order valence-electron chi connectivity index (χ1n) is 6.51. The molecule has 7 heteroatoms. The van der Waals surface area contributed by atoms with Gasteiger partial charge in [-0.3, -0.25) is 0 Å². The summed E-state index contributed by atoms with van der Waals surface area (Å²) in [5.41, 5.74) is 1.14. The molecule has 2 heterocycles. The van der Waals surface area contributed by atoms with Gasteiger partial charge >= 0.3 is 0 Å². The van der Waals surface area contributed by atoms with E-state index in [0.29, 0.717) is 38.6 Å². The molecule has 0 amide bonds. The average molecular weight is 339 g/mol. The standard InChI is InChI=1S/C13H15BrN4O2/c14-12-4-2-1-3-10(12)7-13-15-17-18(16-13)8-11-9-19-5-6-20-11/h1-4,11H,5-9H2. The van der Waals surface area contributed by atoms with Crippen molar-refractivity contribution in [2.45, 2.75) is 19.1 Å². The van der Waals surface area contributed by atoms with Crippen molar-refractivity contribution in [2.75, 3.05) is 19.8 Å². The summed E-state index contributed by atoms with van der Waals surface area (Å²) in [5, 5.41) is 12.5. The van der Waals surface area contributed by atoms with Crippen LogP contribution in [0.25, 0.3) is 0 Å². The van der Waals surface area contributed by atoms with E-state index in [0.717, 1.165) is 10.0 Å². The first-order valence-corrected chi connectivity index (χ1v) is 7.30. The van der Waals surface area contributed by atoms with Crippen LogP contribution in [0.3, 0.4) is 0 Å². The molecule has 1 aliphatic heterocycles. The van der Waals surface area contributed by atoms with Crippen molar-refractivity contribution in [2.24, 2.45) is 0 Å². The molecule has 1 aromatic carbocycles. The fraction of sp³-hybridized carbons (Fsp3) is 0.462. The van der Waals surface area contributed by atoms with E-state index in [1.807, 2.05) is 24.3 Å². The molecular formula is C13H15BrN4O2. The van der Waals surface area contributed by atoms with E-state index in [4.69, 9.17) is 9.47 Å². The lowest BCUT2D eigenvalue weighted by Gasteiger charge is -2.21. The van der Waals surface area contributed by atoms with E-state index in [-0.39, 0.29) is 6.10 Å². The highest BCUT2D eigenvalue weighted by Crippen LogP contribution is 2.17. The molecule has 20 heavy (non-hydrogen) atoms. The number of nitrogens with zero attached hydrogens (tertiary/aromatic N) is 4. The lowest BCUT2D eigenvalue weighted by Crippen LogP contribution is -2.33. The molecule has 1 fully saturated rings. The Bertz CT molecular complexity index is 569. The van der Waals surface area contributed by atoms with Gasteiger partial charge in [-0.15, -0.1) is 10.2 Å². The number of tetrazole rings is 1. The van der Waals surface area contributed by atoms with Gasteiger partial charge in [0.15, 0.2) is 5.82 Å². The van der Waals surface area contributed by atoms with Gasteiger partial charge in [-0.2, -0.15) is 4.80 Å². The normalized spacial score (nSPS) is 19.1. The number of benzene rings is 1. The van der Waals surface area contributed by atoms with E-state index >= 15 is 0 Å². The molecule has 2 aromatic rings. The zero-order valence-corrected chi connectivity index (χ0v) is 12.5. The number of rotatable bonds is 4. The molecule has 6 nitrogen and oxygen atoms in total. The van der Waals surface area contributed by atoms with Crippen molar-refractivity contribution < 1.29 is 9.47 Å². The van der Waals surface area contributed by atoms with Gasteiger partial charge in [-0.05, 0) is 16.8 Å². The van der Waals surface area contributed by atoms with E-state index in [9.17, 15) is 0 Å². The lowest BCUT2D eigenvalue weighted by molar-refractivity contribution is -0.0960. The van der Waals surface area contributed by atoms with Crippen LogP contribution in [0.1, 0.15) is 11.4 Å². The van der Waals surface area contributed by atoms with Crippen molar-refractivity contribution >= 4 is 15.9 Å². The van der Waals surface area contributed by atoms with Gasteiger partial charge in [-0.1, -0.05) is 34.1 Å². The van der Waals surface area contributed by atoms with E-state index in [1.54, 1.807) is 4.80 Å². The largest absolute Gasteiger partial charge is 0.376 e. The van der Waals surface area contributed by atoms with Gasteiger partial charge in [0, 0.05) is 10.9 Å². The molecule has 0 radical (unpaired) electrons. The molecule has 106 valence electrons. The Hall–Kier alpha value is -1.31. The minimum Gasteiger partial charge on any atom is -0.376 e. The summed E-state index contributed by atoms with van der Waals surface area (Å²) < 4.78 is 12.0. The molecule has 1 saturated heterocycles. The van der Waals surface area contributed by atoms with Crippen molar-refractivity contribution in [1.82, 2.24) is 20.2 Å². The number of aromatic nitrogens is 4. The van der Waals surface area contributed by atoms with Crippen LogP contribution in [0.5, 0.6) is 0 Å². The van der Waals surface area contributed by atoms with Gasteiger partial charge in [0.1, 0.15) is 6.10 Å². The monoisotopic (exact) mass is 338 g/mol. The smallest absolute Gasteiger partial charge is 0.179 e. The van der Waals surface area contributed by atoms with Gasteiger partial charge in [0.2, 0.25) is 0 Å². The van der Waals surface area contributed by atoms with Gasteiger partial charge < -0.3 is 9.47 Å². The number of ether oxygens (including phenoxy) is 2. The minimum atomic E-state index is 0.00858. The van der Waals surface area contributed by atoms with Gasteiger partial charge in [0.25, 0.3) is 0 Å². The van der Waals surface area contributed by atoms with Crippen LogP contribution in [-0.2, 0) is 22.4 Å². The van der Waals surface area contributed by atoms with Crippen LogP contribution in [-0.4, -0.2) is 46.1 Å². The molecule has 0 N–H and O–H groups in total. The summed E-state index contributed by atoms with van der Waals surface area (Å²) in [7, 11) is 0. The van der Waals surface area contributed by atoms with Crippen molar-refractivity contribution in [3.63, 3.8) is 0 Å². The Morgan fingerprint density at radius 1 is 1.30 bits per heavy atom. The molecule has 0 saturated carbocycles. The van der Waals surface area contributed by atoms with Crippen LogP contribution in [0.2, 0.25) is 0 Å². The second kappa shape index (κ2) is 6.43. The summed E-state index contributed by atoms with van der Waals surface area (Å²) in [6, 6.07) is 8.03. The summed E-state index contributed by atoms with van der Waals surface area (Å²) in [6.07, 6.45) is 0.665. The molecule has 1 aliphatic rings. The Labute approximate surface area is 125 Å².